The Morgan fingerprint density at radius 1 is 1.47 bits per heavy atom. The summed E-state index contributed by atoms with van der Waals surface area (Å²) in [7, 11) is 0. The van der Waals surface area contributed by atoms with E-state index in [0.717, 1.165) is 12.2 Å². The first kappa shape index (κ1) is 11.3. The highest BCUT2D eigenvalue weighted by Gasteiger charge is 2.41. The fraction of sp³-hybridized carbons (Fsp3) is 0.909. The molecule has 0 bridgehead atoms. The number of carbonyl (C=O) groups is 1. The summed E-state index contributed by atoms with van der Waals surface area (Å²) in [6.45, 7) is 1.98. The molecule has 1 aliphatic heterocycles. The Balaban J connectivity index is 2.06. The Hall–Kier alpha value is -0.220. The molecule has 0 spiro atoms. The van der Waals surface area contributed by atoms with Gasteiger partial charge in [0.05, 0.1) is 0 Å². The van der Waals surface area contributed by atoms with Crippen molar-refractivity contribution >= 4 is 17.7 Å². The second kappa shape index (κ2) is 4.74. The minimum absolute atomic E-state index is 0.249. The van der Waals surface area contributed by atoms with Gasteiger partial charge in [-0.25, -0.2) is 0 Å². The Bertz CT molecular complexity index is 237. The predicted octanol–water partition coefficient (Wildman–Crippen LogP) is 1.82. The van der Waals surface area contributed by atoms with E-state index in [4.69, 9.17) is 0 Å². The molecule has 1 saturated carbocycles. The van der Waals surface area contributed by atoms with Crippen LogP contribution in [0.3, 0.4) is 0 Å². The van der Waals surface area contributed by atoms with Gasteiger partial charge in [0.25, 0.3) is 0 Å². The molecule has 2 unspecified atom stereocenters. The molecular formula is C11H19NO2S. The number of hydrogen-bond donors (Lipinski definition) is 1. The predicted molar refractivity (Wildman–Crippen MR) is 62.3 cm³/mol. The lowest BCUT2D eigenvalue weighted by molar-refractivity contribution is -0.144. The molecule has 1 N–H and O–H groups in total. The number of hydrogen-bond acceptors (Lipinski definition) is 3. The van der Waals surface area contributed by atoms with Gasteiger partial charge in [-0.3, -0.25) is 9.69 Å². The first-order valence-electron chi connectivity index (χ1n) is 5.82. The molecule has 0 aromatic heterocycles. The molecule has 4 heteroatoms. The van der Waals surface area contributed by atoms with Crippen LogP contribution in [-0.2, 0) is 4.79 Å². The third-order valence-corrected chi connectivity index (χ3v) is 4.47. The van der Waals surface area contributed by atoms with Crippen LogP contribution in [0.25, 0.3) is 0 Å². The maximum Gasteiger partial charge on any atom is 0.320 e. The summed E-state index contributed by atoms with van der Waals surface area (Å²) in [4.78, 5) is 13.5. The summed E-state index contributed by atoms with van der Waals surface area (Å²) in [6.07, 6.45) is 4.30. The molecule has 1 heterocycles. The van der Waals surface area contributed by atoms with Crippen LogP contribution in [0.2, 0.25) is 0 Å². The van der Waals surface area contributed by atoms with Crippen LogP contribution < -0.4 is 0 Å². The summed E-state index contributed by atoms with van der Waals surface area (Å²) in [5, 5.41) is 9.23. The van der Waals surface area contributed by atoms with E-state index < -0.39 is 5.97 Å². The first-order valence-corrected chi connectivity index (χ1v) is 6.97. The standard InChI is InChI=1S/C11H19NO2S/c1-2-10(11(13)14)12(8-3-4-8)9-5-6-15-7-9/h8-10H,2-7H2,1H3,(H,13,14). The van der Waals surface area contributed by atoms with Gasteiger partial charge < -0.3 is 5.11 Å². The van der Waals surface area contributed by atoms with Crippen molar-refractivity contribution in [2.45, 2.75) is 50.7 Å². The zero-order chi connectivity index (χ0) is 10.8. The Labute approximate surface area is 95.2 Å². The highest BCUT2D eigenvalue weighted by Crippen LogP contribution is 2.35. The van der Waals surface area contributed by atoms with Crippen LogP contribution >= 0.6 is 11.8 Å². The average Bonchev–Trinajstić information content (AvgIpc) is 2.88. The van der Waals surface area contributed by atoms with Crippen molar-refractivity contribution in [3.8, 4) is 0 Å². The molecule has 86 valence electrons. The molecular weight excluding hydrogens is 210 g/mol. The minimum atomic E-state index is -0.638. The molecule has 2 fully saturated rings. The SMILES string of the molecule is CCC(C(=O)O)N(C1CC1)C1CCSC1. The Kier molecular flexibility index (Phi) is 3.57. The van der Waals surface area contributed by atoms with Gasteiger partial charge in [0.2, 0.25) is 0 Å². The van der Waals surface area contributed by atoms with Gasteiger partial charge in [-0.05, 0) is 31.4 Å². The van der Waals surface area contributed by atoms with E-state index >= 15 is 0 Å². The largest absolute Gasteiger partial charge is 0.480 e. The Morgan fingerprint density at radius 3 is 2.60 bits per heavy atom. The van der Waals surface area contributed by atoms with Crippen LogP contribution in [0, 0.1) is 0 Å². The quantitative estimate of drug-likeness (QED) is 0.780. The monoisotopic (exact) mass is 229 g/mol. The van der Waals surface area contributed by atoms with E-state index in [1.807, 2.05) is 18.7 Å². The van der Waals surface area contributed by atoms with Crippen LogP contribution in [0.4, 0.5) is 0 Å². The van der Waals surface area contributed by atoms with Crippen molar-refractivity contribution < 1.29 is 9.90 Å². The maximum absolute atomic E-state index is 11.2. The molecule has 2 rings (SSSR count). The van der Waals surface area contributed by atoms with Gasteiger partial charge in [-0.2, -0.15) is 11.8 Å². The maximum atomic E-state index is 11.2. The fourth-order valence-corrected chi connectivity index (χ4v) is 3.67. The lowest BCUT2D eigenvalue weighted by Gasteiger charge is -2.33. The highest BCUT2D eigenvalue weighted by molar-refractivity contribution is 7.99. The molecule has 0 radical (unpaired) electrons. The number of nitrogens with zero attached hydrogens (tertiary/aromatic N) is 1. The van der Waals surface area contributed by atoms with Crippen LogP contribution in [-0.4, -0.2) is 45.6 Å². The fourth-order valence-electron chi connectivity index (χ4n) is 2.45. The molecule has 0 amide bonds. The molecule has 2 aliphatic rings. The second-order valence-corrected chi connectivity index (χ2v) is 5.61. The number of carboxylic acid groups (broad SMARTS) is 1. The van der Waals surface area contributed by atoms with E-state index in [0.29, 0.717) is 12.1 Å². The normalized spacial score (nSPS) is 28.3. The van der Waals surface area contributed by atoms with Crippen LogP contribution in [0.5, 0.6) is 0 Å². The molecule has 15 heavy (non-hydrogen) atoms. The van der Waals surface area contributed by atoms with Crippen molar-refractivity contribution in [1.29, 1.82) is 0 Å². The summed E-state index contributed by atoms with van der Waals surface area (Å²) < 4.78 is 0. The lowest BCUT2D eigenvalue weighted by Crippen LogP contribution is -2.48. The van der Waals surface area contributed by atoms with E-state index in [-0.39, 0.29) is 6.04 Å². The van der Waals surface area contributed by atoms with E-state index in [1.54, 1.807) is 0 Å². The van der Waals surface area contributed by atoms with Gasteiger partial charge in [-0.15, -0.1) is 0 Å². The minimum Gasteiger partial charge on any atom is -0.480 e. The van der Waals surface area contributed by atoms with Crippen molar-refractivity contribution in [2.24, 2.45) is 0 Å². The number of aliphatic carboxylic acids is 1. The van der Waals surface area contributed by atoms with E-state index in [9.17, 15) is 9.90 Å². The van der Waals surface area contributed by atoms with Gasteiger partial charge in [0.15, 0.2) is 0 Å². The van der Waals surface area contributed by atoms with Gasteiger partial charge >= 0.3 is 5.97 Å². The van der Waals surface area contributed by atoms with E-state index in [2.05, 4.69) is 4.90 Å². The summed E-state index contributed by atoms with van der Waals surface area (Å²) in [5.74, 6) is 1.69. The van der Waals surface area contributed by atoms with Gasteiger partial charge in [0.1, 0.15) is 6.04 Å². The summed E-state index contributed by atoms with van der Waals surface area (Å²) >= 11 is 1.96. The first-order chi connectivity index (χ1) is 7.24. The number of rotatable bonds is 5. The smallest absolute Gasteiger partial charge is 0.320 e. The number of thioether (sulfide) groups is 1. The second-order valence-electron chi connectivity index (χ2n) is 4.46. The van der Waals surface area contributed by atoms with Crippen molar-refractivity contribution in [3.05, 3.63) is 0 Å². The van der Waals surface area contributed by atoms with Gasteiger partial charge in [0, 0.05) is 17.8 Å². The summed E-state index contributed by atoms with van der Waals surface area (Å²) in [5.41, 5.74) is 0. The zero-order valence-electron chi connectivity index (χ0n) is 9.19. The Morgan fingerprint density at radius 2 is 2.20 bits per heavy atom. The molecule has 0 aromatic rings. The van der Waals surface area contributed by atoms with Crippen molar-refractivity contribution in [3.63, 3.8) is 0 Å². The molecule has 0 aromatic carbocycles. The highest BCUT2D eigenvalue weighted by atomic mass is 32.2. The molecule has 3 nitrogen and oxygen atoms in total. The number of carboxylic acids is 1. The van der Waals surface area contributed by atoms with Crippen molar-refractivity contribution in [1.82, 2.24) is 4.90 Å². The van der Waals surface area contributed by atoms with E-state index in [1.165, 1.54) is 25.0 Å². The third-order valence-electron chi connectivity index (χ3n) is 3.33. The summed E-state index contributed by atoms with van der Waals surface area (Å²) in [6, 6.07) is 0.833. The zero-order valence-corrected chi connectivity index (χ0v) is 10.0. The topological polar surface area (TPSA) is 40.5 Å². The molecule has 1 aliphatic carbocycles. The van der Waals surface area contributed by atoms with Crippen LogP contribution in [0.15, 0.2) is 0 Å². The average molecular weight is 229 g/mol. The lowest BCUT2D eigenvalue weighted by atomic mass is 10.1. The van der Waals surface area contributed by atoms with Crippen LogP contribution in [0.1, 0.15) is 32.6 Å². The third kappa shape index (κ3) is 2.48. The molecule has 1 saturated heterocycles. The molecule has 2 atom stereocenters. The van der Waals surface area contributed by atoms with Gasteiger partial charge in [-0.1, -0.05) is 6.92 Å². The van der Waals surface area contributed by atoms with Crippen molar-refractivity contribution in [2.75, 3.05) is 11.5 Å².